The lowest BCUT2D eigenvalue weighted by atomic mass is 10.1. The fourth-order valence-corrected chi connectivity index (χ4v) is 2.05. The molecule has 0 atom stereocenters. The zero-order valence-corrected chi connectivity index (χ0v) is 12.1. The third-order valence-electron chi connectivity index (χ3n) is 2.72. The molecule has 0 fully saturated rings. The van der Waals surface area contributed by atoms with Crippen LogP contribution in [0.3, 0.4) is 0 Å². The Kier molecular flexibility index (Phi) is 4.39. The molecule has 0 spiro atoms. The van der Waals surface area contributed by atoms with Crippen molar-refractivity contribution < 1.29 is 13.2 Å². The van der Waals surface area contributed by atoms with E-state index in [-0.39, 0.29) is 10.7 Å². The summed E-state index contributed by atoms with van der Waals surface area (Å²) in [5.74, 6) is 0. The molecule has 0 aromatic heterocycles. The van der Waals surface area contributed by atoms with Crippen LogP contribution < -0.4 is 11.1 Å². The predicted molar refractivity (Wildman–Crippen MR) is 82.1 cm³/mol. The van der Waals surface area contributed by atoms with Gasteiger partial charge in [-0.05, 0) is 36.4 Å². The number of nitrogens with one attached hydrogen (secondary N) is 1. The smallest absolute Gasteiger partial charge is 0.389 e. The molecule has 21 heavy (non-hydrogen) atoms. The number of halogens is 4. The van der Waals surface area contributed by atoms with E-state index in [0.717, 1.165) is 12.1 Å². The van der Waals surface area contributed by atoms with E-state index in [4.69, 9.17) is 29.6 Å². The molecule has 0 aliphatic rings. The molecule has 0 heterocycles. The van der Waals surface area contributed by atoms with Crippen LogP contribution in [-0.4, -0.2) is 4.99 Å². The molecule has 0 aliphatic carbocycles. The quantitative estimate of drug-likeness (QED) is 0.798. The van der Waals surface area contributed by atoms with Gasteiger partial charge in [0.05, 0.1) is 16.3 Å². The fourth-order valence-electron chi connectivity index (χ4n) is 1.70. The highest BCUT2D eigenvalue weighted by molar-refractivity contribution is 7.80. The third kappa shape index (κ3) is 3.86. The minimum Gasteiger partial charge on any atom is -0.389 e. The number of rotatable bonds is 3. The van der Waals surface area contributed by atoms with Crippen molar-refractivity contribution in [3.63, 3.8) is 0 Å². The summed E-state index contributed by atoms with van der Waals surface area (Å²) in [4.78, 5) is 0.197. The molecule has 0 saturated carbocycles. The van der Waals surface area contributed by atoms with E-state index in [1.165, 1.54) is 12.1 Å². The van der Waals surface area contributed by atoms with Crippen LogP contribution in [0.4, 0.5) is 24.5 Å². The molecular weight excluding hydrogens is 321 g/mol. The van der Waals surface area contributed by atoms with E-state index in [1.807, 2.05) is 0 Å². The van der Waals surface area contributed by atoms with Gasteiger partial charge in [0, 0.05) is 11.3 Å². The summed E-state index contributed by atoms with van der Waals surface area (Å²) in [5, 5.41) is 3.15. The Morgan fingerprint density at radius 2 is 1.86 bits per heavy atom. The van der Waals surface area contributed by atoms with Gasteiger partial charge >= 0.3 is 6.18 Å². The SMILES string of the molecule is NC(=S)c1ccc(Nc2cccc(C(F)(F)F)c2)c(Cl)c1. The second-order valence-electron chi connectivity index (χ2n) is 4.26. The van der Waals surface area contributed by atoms with Gasteiger partial charge in [-0.3, -0.25) is 0 Å². The molecule has 2 nitrogen and oxygen atoms in total. The molecule has 3 N–H and O–H groups in total. The molecule has 0 saturated heterocycles. The van der Waals surface area contributed by atoms with Crippen LogP contribution in [0.2, 0.25) is 5.02 Å². The number of alkyl halides is 3. The topological polar surface area (TPSA) is 38.0 Å². The summed E-state index contributed by atoms with van der Waals surface area (Å²) >= 11 is 10.9. The first-order valence-corrected chi connectivity index (χ1v) is 6.59. The standard InChI is InChI=1S/C14H10ClF3N2S/c15-11-6-8(13(19)21)4-5-12(11)20-10-3-1-2-9(7-10)14(16,17)18/h1-7,20H,(H2,19,21). The van der Waals surface area contributed by atoms with Gasteiger partial charge in [-0.15, -0.1) is 0 Å². The molecule has 7 heteroatoms. The van der Waals surface area contributed by atoms with E-state index in [0.29, 0.717) is 16.3 Å². The van der Waals surface area contributed by atoms with Crippen molar-refractivity contribution in [1.82, 2.24) is 0 Å². The van der Waals surface area contributed by atoms with Crippen LogP contribution in [0.1, 0.15) is 11.1 Å². The van der Waals surface area contributed by atoms with Crippen LogP contribution in [0.25, 0.3) is 0 Å². The van der Waals surface area contributed by atoms with Gasteiger partial charge in [-0.2, -0.15) is 13.2 Å². The van der Waals surface area contributed by atoms with Crippen molar-refractivity contribution in [2.75, 3.05) is 5.32 Å². The van der Waals surface area contributed by atoms with Gasteiger partial charge in [0.2, 0.25) is 0 Å². The maximum atomic E-state index is 12.6. The molecule has 2 aromatic carbocycles. The first kappa shape index (κ1) is 15.6. The summed E-state index contributed by atoms with van der Waals surface area (Å²) in [6.07, 6.45) is -4.39. The summed E-state index contributed by atoms with van der Waals surface area (Å²) in [6, 6.07) is 9.66. The minimum absolute atomic E-state index is 0.197. The van der Waals surface area contributed by atoms with Crippen LogP contribution in [0.15, 0.2) is 42.5 Å². The molecule has 0 aliphatic heterocycles. The van der Waals surface area contributed by atoms with Crippen molar-refractivity contribution in [1.29, 1.82) is 0 Å². The Labute approximate surface area is 129 Å². The fraction of sp³-hybridized carbons (Fsp3) is 0.0714. The van der Waals surface area contributed by atoms with Crippen molar-refractivity contribution in [2.45, 2.75) is 6.18 Å². The Morgan fingerprint density at radius 1 is 1.14 bits per heavy atom. The normalized spacial score (nSPS) is 11.2. The number of anilines is 2. The molecule has 2 aromatic rings. The van der Waals surface area contributed by atoms with Gasteiger partial charge in [-0.25, -0.2) is 0 Å². The molecule has 0 unspecified atom stereocenters. The van der Waals surface area contributed by atoms with Gasteiger partial charge < -0.3 is 11.1 Å². The molecule has 2 rings (SSSR count). The summed E-state index contributed by atoms with van der Waals surface area (Å²) in [5.41, 5.74) is 6.09. The number of nitrogens with two attached hydrogens (primary N) is 1. The van der Waals surface area contributed by atoms with Crippen molar-refractivity contribution in [3.05, 3.63) is 58.6 Å². The zero-order valence-electron chi connectivity index (χ0n) is 10.5. The molecule has 0 radical (unpaired) electrons. The first-order chi connectivity index (χ1) is 9.77. The lowest BCUT2D eigenvalue weighted by Crippen LogP contribution is -2.09. The number of thiocarbonyl (C=S) groups is 1. The lowest BCUT2D eigenvalue weighted by molar-refractivity contribution is -0.137. The number of hydrogen-bond donors (Lipinski definition) is 2. The van der Waals surface area contributed by atoms with Gasteiger partial charge in [-0.1, -0.05) is 29.9 Å². The van der Waals surface area contributed by atoms with Crippen molar-refractivity contribution >= 4 is 40.2 Å². The Morgan fingerprint density at radius 3 is 2.43 bits per heavy atom. The average Bonchev–Trinajstić information content (AvgIpc) is 2.40. The summed E-state index contributed by atoms with van der Waals surface area (Å²) < 4.78 is 37.9. The maximum absolute atomic E-state index is 12.6. The Hall–Kier alpha value is -1.79. The second kappa shape index (κ2) is 5.91. The van der Waals surface area contributed by atoms with E-state index in [2.05, 4.69) is 5.32 Å². The highest BCUT2D eigenvalue weighted by Crippen LogP contribution is 2.32. The monoisotopic (exact) mass is 330 g/mol. The van der Waals surface area contributed by atoms with E-state index >= 15 is 0 Å². The molecule has 110 valence electrons. The summed E-state index contributed by atoms with van der Waals surface area (Å²) in [6.45, 7) is 0. The third-order valence-corrected chi connectivity index (χ3v) is 3.27. The van der Waals surface area contributed by atoms with Crippen LogP contribution in [0, 0.1) is 0 Å². The minimum atomic E-state index is -4.39. The van der Waals surface area contributed by atoms with Crippen LogP contribution >= 0.6 is 23.8 Å². The molecular formula is C14H10ClF3N2S. The zero-order chi connectivity index (χ0) is 15.6. The van der Waals surface area contributed by atoms with Gasteiger partial charge in [0.1, 0.15) is 4.99 Å². The van der Waals surface area contributed by atoms with Crippen molar-refractivity contribution in [2.24, 2.45) is 5.73 Å². The average molecular weight is 331 g/mol. The largest absolute Gasteiger partial charge is 0.416 e. The highest BCUT2D eigenvalue weighted by atomic mass is 35.5. The maximum Gasteiger partial charge on any atom is 0.416 e. The number of hydrogen-bond acceptors (Lipinski definition) is 2. The van der Waals surface area contributed by atoms with Crippen LogP contribution in [0.5, 0.6) is 0 Å². The summed E-state index contributed by atoms with van der Waals surface area (Å²) in [7, 11) is 0. The molecule has 0 bridgehead atoms. The van der Waals surface area contributed by atoms with E-state index in [1.54, 1.807) is 18.2 Å². The van der Waals surface area contributed by atoms with E-state index < -0.39 is 11.7 Å². The highest BCUT2D eigenvalue weighted by Gasteiger charge is 2.30. The molecule has 0 amide bonds. The second-order valence-corrected chi connectivity index (χ2v) is 5.11. The number of benzene rings is 2. The van der Waals surface area contributed by atoms with Gasteiger partial charge in [0.25, 0.3) is 0 Å². The predicted octanol–water partition coefficient (Wildman–Crippen LogP) is 4.74. The van der Waals surface area contributed by atoms with E-state index in [9.17, 15) is 13.2 Å². The van der Waals surface area contributed by atoms with Crippen molar-refractivity contribution in [3.8, 4) is 0 Å². The Bertz CT molecular complexity index is 686. The van der Waals surface area contributed by atoms with Gasteiger partial charge in [0.15, 0.2) is 0 Å². The van der Waals surface area contributed by atoms with Crippen LogP contribution in [-0.2, 0) is 6.18 Å². The first-order valence-electron chi connectivity index (χ1n) is 5.81. The Balaban J connectivity index is 2.28. The lowest BCUT2D eigenvalue weighted by Gasteiger charge is -2.12.